The van der Waals surface area contributed by atoms with E-state index in [0.29, 0.717) is 17.4 Å². The van der Waals surface area contributed by atoms with Crippen LogP contribution in [-0.4, -0.2) is 19.8 Å². The van der Waals surface area contributed by atoms with Gasteiger partial charge >= 0.3 is 0 Å². The number of aromatic nitrogens is 4. The topological polar surface area (TPSA) is 55.1 Å². The molecule has 0 radical (unpaired) electrons. The van der Waals surface area contributed by atoms with Crippen LogP contribution in [0.1, 0.15) is 67.6 Å². The van der Waals surface area contributed by atoms with Crippen molar-refractivity contribution in [1.29, 1.82) is 0 Å². The Morgan fingerprint density at radius 1 is 1.15 bits per heavy atom. The molecule has 4 rings (SSSR count). The van der Waals surface area contributed by atoms with Crippen LogP contribution in [0.2, 0.25) is 0 Å². The van der Waals surface area contributed by atoms with E-state index in [-0.39, 0.29) is 6.04 Å². The minimum atomic E-state index is -2.71. The maximum atomic E-state index is 13.1. The molecule has 0 aliphatic heterocycles. The number of anilines is 1. The lowest BCUT2D eigenvalue weighted by molar-refractivity contribution is 0.137. The first-order valence-electron chi connectivity index (χ1n) is 8.92. The van der Waals surface area contributed by atoms with E-state index in [1.54, 1.807) is 12.1 Å². The number of hydrogen-bond donors (Lipinski definition) is 1. The van der Waals surface area contributed by atoms with Gasteiger partial charge in [0.15, 0.2) is 5.65 Å². The summed E-state index contributed by atoms with van der Waals surface area (Å²) >= 11 is 0. The molecule has 1 aromatic carbocycles. The standard InChI is InChI=1S/C19H21F2N5/c1-11(2)13-7-6-12-4-3-5-15(14(12)10-13)22-16-8-9-17-23-24-19(18(20)21)26(17)25-16/h6-11,15,18H,3-5H2,1-2H3,(H,22,25)/t15-/m1/s1. The van der Waals surface area contributed by atoms with Gasteiger partial charge in [-0.2, -0.15) is 4.52 Å². The third kappa shape index (κ3) is 3.02. The molecule has 1 atom stereocenters. The number of alkyl halides is 2. The van der Waals surface area contributed by atoms with E-state index in [9.17, 15) is 8.78 Å². The predicted molar refractivity (Wildman–Crippen MR) is 95.6 cm³/mol. The van der Waals surface area contributed by atoms with Crippen LogP contribution >= 0.6 is 0 Å². The zero-order chi connectivity index (χ0) is 18.3. The van der Waals surface area contributed by atoms with E-state index in [2.05, 4.69) is 52.7 Å². The van der Waals surface area contributed by atoms with Crippen LogP contribution in [0.5, 0.6) is 0 Å². The zero-order valence-electron chi connectivity index (χ0n) is 14.8. The summed E-state index contributed by atoms with van der Waals surface area (Å²) < 4.78 is 27.2. The van der Waals surface area contributed by atoms with Crippen LogP contribution in [0.3, 0.4) is 0 Å². The van der Waals surface area contributed by atoms with E-state index in [1.165, 1.54) is 16.7 Å². The molecule has 0 spiro atoms. The van der Waals surface area contributed by atoms with Gasteiger partial charge in [-0.3, -0.25) is 0 Å². The average Bonchev–Trinajstić information content (AvgIpc) is 3.05. The lowest BCUT2D eigenvalue weighted by Gasteiger charge is -2.28. The minimum absolute atomic E-state index is 0.119. The van der Waals surface area contributed by atoms with E-state index in [4.69, 9.17) is 0 Å². The van der Waals surface area contributed by atoms with Crippen molar-refractivity contribution >= 4 is 11.5 Å². The van der Waals surface area contributed by atoms with Gasteiger partial charge in [0.1, 0.15) is 5.82 Å². The molecule has 7 heteroatoms. The summed E-state index contributed by atoms with van der Waals surface area (Å²) in [7, 11) is 0. The monoisotopic (exact) mass is 357 g/mol. The quantitative estimate of drug-likeness (QED) is 0.737. The molecule has 0 saturated carbocycles. The normalized spacial score (nSPS) is 17.1. The van der Waals surface area contributed by atoms with Crippen molar-refractivity contribution in [2.45, 2.75) is 51.5 Å². The molecule has 136 valence electrons. The molecule has 3 aromatic rings. The molecular weight excluding hydrogens is 336 g/mol. The molecule has 26 heavy (non-hydrogen) atoms. The SMILES string of the molecule is CC(C)c1ccc2c(c1)[C@H](Nc1ccc3nnc(C(F)F)n3n1)CCC2. The fourth-order valence-corrected chi connectivity index (χ4v) is 3.52. The van der Waals surface area contributed by atoms with Gasteiger partial charge in [0.05, 0.1) is 6.04 Å². The third-order valence-corrected chi connectivity index (χ3v) is 4.96. The number of rotatable bonds is 4. The Hall–Kier alpha value is -2.57. The average molecular weight is 357 g/mol. The maximum absolute atomic E-state index is 13.1. The second-order valence-corrected chi connectivity index (χ2v) is 7.05. The van der Waals surface area contributed by atoms with Gasteiger partial charge in [0.2, 0.25) is 5.82 Å². The van der Waals surface area contributed by atoms with Crippen molar-refractivity contribution < 1.29 is 8.78 Å². The van der Waals surface area contributed by atoms with Crippen molar-refractivity contribution in [1.82, 2.24) is 19.8 Å². The molecular formula is C19H21F2N5. The molecule has 0 fully saturated rings. The minimum Gasteiger partial charge on any atom is -0.362 e. The highest BCUT2D eigenvalue weighted by Gasteiger charge is 2.22. The lowest BCUT2D eigenvalue weighted by Crippen LogP contribution is -2.19. The molecule has 0 saturated heterocycles. The van der Waals surface area contributed by atoms with Crippen LogP contribution in [0.4, 0.5) is 14.6 Å². The highest BCUT2D eigenvalue weighted by Crippen LogP contribution is 2.34. The summed E-state index contributed by atoms with van der Waals surface area (Å²) in [6.45, 7) is 4.36. The first kappa shape index (κ1) is 16.9. The summed E-state index contributed by atoms with van der Waals surface area (Å²) in [5.74, 6) is 0.574. The van der Waals surface area contributed by atoms with Crippen molar-refractivity contribution in [3.05, 3.63) is 52.8 Å². The van der Waals surface area contributed by atoms with Crippen LogP contribution in [-0.2, 0) is 6.42 Å². The number of halogens is 2. The lowest BCUT2D eigenvalue weighted by atomic mass is 9.85. The van der Waals surface area contributed by atoms with Crippen LogP contribution in [0.15, 0.2) is 30.3 Å². The third-order valence-electron chi connectivity index (χ3n) is 4.96. The van der Waals surface area contributed by atoms with Crippen LogP contribution < -0.4 is 5.32 Å². The summed E-state index contributed by atoms with van der Waals surface area (Å²) in [5.41, 5.74) is 4.25. The van der Waals surface area contributed by atoms with Crippen LogP contribution in [0, 0.1) is 0 Å². The number of aryl methyl sites for hydroxylation is 1. The second kappa shape index (κ2) is 6.63. The molecule has 0 unspecified atom stereocenters. The summed E-state index contributed by atoms with van der Waals surface area (Å²) in [6, 6.07) is 10.2. The highest BCUT2D eigenvalue weighted by atomic mass is 19.3. The molecule has 1 aliphatic carbocycles. The van der Waals surface area contributed by atoms with Gasteiger partial charge in [-0.15, -0.1) is 15.3 Å². The zero-order valence-corrected chi connectivity index (χ0v) is 14.8. The Kier molecular flexibility index (Phi) is 4.30. The van der Waals surface area contributed by atoms with Crippen LogP contribution in [0.25, 0.3) is 5.65 Å². The fraction of sp³-hybridized carbons (Fsp3) is 0.421. The van der Waals surface area contributed by atoms with Gasteiger partial charge < -0.3 is 5.32 Å². The Labute approximate surface area is 150 Å². The van der Waals surface area contributed by atoms with Crippen molar-refractivity contribution in [3.63, 3.8) is 0 Å². The number of benzene rings is 1. The smallest absolute Gasteiger partial charge is 0.299 e. The van der Waals surface area contributed by atoms with Crippen molar-refractivity contribution in [2.24, 2.45) is 0 Å². The Balaban J connectivity index is 1.67. The van der Waals surface area contributed by atoms with Gasteiger partial charge in [-0.1, -0.05) is 32.0 Å². The van der Waals surface area contributed by atoms with E-state index < -0.39 is 12.2 Å². The Morgan fingerprint density at radius 3 is 2.77 bits per heavy atom. The molecule has 1 aliphatic rings. The number of nitrogens with zero attached hydrogens (tertiary/aromatic N) is 4. The fourth-order valence-electron chi connectivity index (χ4n) is 3.52. The summed E-state index contributed by atoms with van der Waals surface area (Å²) in [4.78, 5) is 0. The van der Waals surface area contributed by atoms with Gasteiger partial charge in [-0.25, -0.2) is 8.78 Å². The summed E-state index contributed by atoms with van der Waals surface area (Å²) in [6.07, 6.45) is 0.428. The molecule has 0 bridgehead atoms. The predicted octanol–water partition coefficient (Wildman–Crippen LogP) is 4.67. The van der Waals surface area contributed by atoms with E-state index >= 15 is 0 Å². The number of hydrogen-bond acceptors (Lipinski definition) is 4. The van der Waals surface area contributed by atoms with Gasteiger partial charge in [-0.05, 0) is 54.0 Å². The second-order valence-electron chi connectivity index (χ2n) is 7.05. The molecule has 0 amide bonds. The van der Waals surface area contributed by atoms with E-state index in [1.807, 2.05) is 0 Å². The number of fused-ring (bicyclic) bond motifs is 2. The number of nitrogens with one attached hydrogen (secondary N) is 1. The molecule has 2 heterocycles. The molecule has 1 N–H and O–H groups in total. The van der Waals surface area contributed by atoms with Crippen molar-refractivity contribution in [3.8, 4) is 0 Å². The largest absolute Gasteiger partial charge is 0.362 e. The maximum Gasteiger partial charge on any atom is 0.299 e. The first-order chi connectivity index (χ1) is 12.5. The van der Waals surface area contributed by atoms with Gasteiger partial charge in [0.25, 0.3) is 6.43 Å². The Morgan fingerprint density at radius 2 is 2.00 bits per heavy atom. The highest BCUT2D eigenvalue weighted by molar-refractivity contribution is 5.47. The van der Waals surface area contributed by atoms with Gasteiger partial charge in [0, 0.05) is 0 Å². The Bertz CT molecular complexity index is 935. The first-order valence-corrected chi connectivity index (χ1v) is 8.92. The van der Waals surface area contributed by atoms with E-state index in [0.717, 1.165) is 23.8 Å². The molecule has 2 aromatic heterocycles. The molecule has 5 nitrogen and oxygen atoms in total. The van der Waals surface area contributed by atoms with Crippen molar-refractivity contribution in [2.75, 3.05) is 5.32 Å². The summed E-state index contributed by atoms with van der Waals surface area (Å²) in [5, 5.41) is 15.0.